The normalized spacial score (nSPS) is 12.5. The van der Waals surface area contributed by atoms with Crippen LogP contribution in [0.25, 0.3) is 17.1 Å². The van der Waals surface area contributed by atoms with Crippen molar-refractivity contribution in [1.29, 1.82) is 0 Å². The van der Waals surface area contributed by atoms with Crippen LogP contribution < -0.4 is 5.73 Å². The van der Waals surface area contributed by atoms with Gasteiger partial charge in [-0.3, -0.25) is 4.79 Å². The van der Waals surface area contributed by atoms with Gasteiger partial charge in [-0.25, -0.2) is 14.3 Å². The number of carbonyl (C=O) groups is 1. The summed E-state index contributed by atoms with van der Waals surface area (Å²) in [5, 5.41) is 8.15. The third kappa shape index (κ3) is 5.74. The first-order valence-corrected chi connectivity index (χ1v) is 14.1. The molecule has 186 valence electrons. The number of ether oxygens (including phenoxy) is 2. The van der Waals surface area contributed by atoms with E-state index in [9.17, 15) is 18.0 Å². The monoisotopic (exact) mass is 499 g/mol. The summed E-state index contributed by atoms with van der Waals surface area (Å²) in [7, 11) is 1.62. The second kappa shape index (κ2) is 9.72. The van der Waals surface area contributed by atoms with Gasteiger partial charge in [0.15, 0.2) is 17.3 Å². The van der Waals surface area contributed by atoms with Crippen molar-refractivity contribution < 1.29 is 27.4 Å². The number of hydrogen-bond acceptors (Lipinski definition) is 6. The molecule has 0 atom stereocenters. The molecule has 0 spiro atoms. The smallest absolute Gasteiger partial charge is 0.380 e. The van der Waals surface area contributed by atoms with Crippen molar-refractivity contribution in [2.75, 3.05) is 13.7 Å². The molecule has 0 radical (unpaired) electrons. The molecule has 34 heavy (non-hydrogen) atoms. The van der Waals surface area contributed by atoms with Crippen LogP contribution in [0.1, 0.15) is 21.9 Å². The van der Waals surface area contributed by atoms with Crippen LogP contribution >= 0.6 is 0 Å². The van der Waals surface area contributed by atoms with E-state index in [0.29, 0.717) is 12.2 Å². The van der Waals surface area contributed by atoms with Gasteiger partial charge >= 0.3 is 6.18 Å². The molecule has 3 aromatic heterocycles. The van der Waals surface area contributed by atoms with Gasteiger partial charge in [0, 0.05) is 46.8 Å². The number of hydrogen-bond donors (Lipinski definition) is 1. The Morgan fingerprint density at radius 2 is 1.91 bits per heavy atom. The minimum Gasteiger partial charge on any atom is -0.380 e. The summed E-state index contributed by atoms with van der Waals surface area (Å²) in [6, 6.07) is 0.974. The van der Waals surface area contributed by atoms with E-state index in [2.05, 4.69) is 34.8 Å². The lowest BCUT2D eigenvalue weighted by Gasteiger charge is -2.15. The number of nitrogens with zero attached hydrogens (tertiary/aromatic N) is 6. The van der Waals surface area contributed by atoms with Crippen molar-refractivity contribution in [2.45, 2.75) is 45.2 Å². The highest BCUT2D eigenvalue weighted by Crippen LogP contribution is 2.37. The molecule has 1 amide bonds. The summed E-state index contributed by atoms with van der Waals surface area (Å²) in [5.74, 6) is -0.856. The van der Waals surface area contributed by atoms with Crippen molar-refractivity contribution >= 4 is 14.0 Å². The van der Waals surface area contributed by atoms with Crippen molar-refractivity contribution in [2.24, 2.45) is 12.8 Å². The van der Waals surface area contributed by atoms with Gasteiger partial charge in [-0.1, -0.05) is 19.6 Å². The molecule has 0 aromatic carbocycles. The Morgan fingerprint density at radius 3 is 2.47 bits per heavy atom. The van der Waals surface area contributed by atoms with Gasteiger partial charge in [-0.05, 0) is 6.04 Å². The van der Waals surface area contributed by atoms with Gasteiger partial charge in [0.2, 0.25) is 0 Å². The summed E-state index contributed by atoms with van der Waals surface area (Å²) >= 11 is 0. The van der Waals surface area contributed by atoms with Crippen LogP contribution in [0.15, 0.2) is 18.6 Å². The number of imidazole rings is 1. The first kappa shape index (κ1) is 25.6. The molecule has 0 aliphatic heterocycles. The Morgan fingerprint density at radius 1 is 1.21 bits per heavy atom. The van der Waals surface area contributed by atoms with Crippen LogP contribution in [0.2, 0.25) is 25.7 Å². The summed E-state index contributed by atoms with van der Waals surface area (Å²) in [6.45, 7) is 7.53. The predicted molar refractivity (Wildman–Crippen MR) is 120 cm³/mol. The lowest BCUT2D eigenvalue weighted by Crippen LogP contribution is -2.22. The van der Waals surface area contributed by atoms with E-state index in [1.807, 2.05) is 0 Å². The number of nitrogens with two attached hydrogens (primary N) is 1. The number of primary amides is 1. The molecule has 14 heteroatoms. The van der Waals surface area contributed by atoms with E-state index < -0.39 is 25.9 Å². The van der Waals surface area contributed by atoms with Crippen LogP contribution in [0.4, 0.5) is 13.2 Å². The molecule has 3 rings (SSSR count). The number of halogens is 3. The largest absolute Gasteiger partial charge is 0.435 e. The Kier molecular flexibility index (Phi) is 7.33. The first-order chi connectivity index (χ1) is 15.8. The zero-order valence-electron chi connectivity index (χ0n) is 19.7. The number of methoxy groups -OCH3 is 1. The van der Waals surface area contributed by atoms with E-state index in [-0.39, 0.29) is 36.2 Å². The fourth-order valence-corrected chi connectivity index (χ4v) is 4.03. The molecule has 0 fully saturated rings. The van der Waals surface area contributed by atoms with Gasteiger partial charge in [0.05, 0.1) is 24.1 Å². The molecule has 0 aliphatic carbocycles. The minimum absolute atomic E-state index is 0.0368. The Labute approximate surface area is 195 Å². The minimum atomic E-state index is -4.76. The number of rotatable bonds is 10. The molecule has 2 N–H and O–H groups in total. The zero-order chi connectivity index (χ0) is 25.3. The maximum absolute atomic E-state index is 13.9. The average Bonchev–Trinajstić information content (AvgIpc) is 3.40. The van der Waals surface area contributed by atoms with Crippen LogP contribution in [-0.2, 0) is 36.0 Å². The number of carbonyl (C=O) groups excluding carboxylic acids is 1. The van der Waals surface area contributed by atoms with E-state index in [4.69, 9.17) is 15.2 Å². The Bertz CT molecular complexity index is 1160. The summed E-state index contributed by atoms with van der Waals surface area (Å²) < 4.78 is 56.2. The van der Waals surface area contributed by atoms with E-state index >= 15 is 0 Å². The first-order valence-electron chi connectivity index (χ1n) is 10.4. The van der Waals surface area contributed by atoms with Crippen molar-refractivity contribution in [3.8, 4) is 17.1 Å². The molecule has 10 nitrogen and oxygen atoms in total. The summed E-state index contributed by atoms with van der Waals surface area (Å²) in [4.78, 5) is 15.4. The zero-order valence-corrected chi connectivity index (χ0v) is 20.7. The van der Waals surface area contributed by atoms with Gasteiger partial charge in [0.25, 0.3) is 5.91 Å². The van der Waals surface area contributed by atoms with Crippen molar-refractivity contribution in [3.05, 3.63) is 35.7 Å². The average molecular weight is 500 g/mol. The Hall–Kier alpha value is -2.97. The molecular formula is C20H28F3N7O3Si. The molecule has 0 aliphatic rings. The maximum atomic E-state index is 13.9. The van der Waals surface area contributed by atoms with Crippen molar-refractivity contribution in [1.82, 2.24) is 29.1 Å². The second-order valence-corrected chi connectivity index (χ2v) is 14.6. The number of aromatic nitrogens is 6. The second-order valence-electron chi connectivity index (χ2n) is 9.02. The fourth-order valence-electron chi connectivity index (χ4n) is 3.27. The number of alkyl halides is 3. The molecule has 0 unspecified atom stereocenters. The van der Waals surface area contributed by atoms with Crippen LogP contribution in [0, 0.1) is 0 Å². The van der Waals surface area contributed by atoms with E-state index in [1.165, 1.54) is 29.6 Å². The standard InChI is InChI=1S/C20H28F3N7O3Si/c1-28-15(8-25-19(28)17(24)31)14-10-30(26-16(14)20(21,22)23)18-13(11-32-2)9-29(27-18)12-33-6-7-34(3,4)5/h8-10H,6-7,11-12H2,1-5H3,(H2,24,31). The van der Waals surface area contributed by atoms with Crippen LogP contribution in [0.5, 0.6) is 0 Å². The fraction of sp³-hybridized carbons (Fsp3) is 0.500. The highest BCUT2D eigenvalue weighted by atomic mass is 28.3. The maximum Gasteiger partial charge on any atom is 0.435 e. The summed E-state index contributed by atoms with van der Waals surface area (Å²) in [6.07, 6.45) is -0.765. The lowest BCUT2D eigenvalue weighted by molar-refractivity contribution is -0.140. The highest BCUT2D eigenvalue weighted by Gasteiger charge is 2.39. The highest BCUT2D eigenvalue weighted by molar-refractivity contribution is 6.76. The Balaban J connectivity index is 1.99. The molecule has 3 heterocycles. The molecule has 0 saturated carbocycles. The third-order valence-electron chi connectivity index (χ3n) is 5.02. The van der Waals surface area contributed by atoms with E-state index in [0.717, 1.165) is 16.9 Å². The number of amides is 1. The third-order valence-corrected chi connectivity index (χ3v) is 6.72. The molecular weight excluding hydrogens is 471 g/mol. The molecule has 0 bridgehead atoms. The van der Waals surface area contributed by atoms with Gasteiger partial charge in [-0.15, -0.1) is 0 Å². The SMILES string of the molecule is COCc1cn(COCC[Si](C)(C)C)nc1-n1cc(-c2cnc(C(N)=O)n2C)c(C(F)(F)F)n1. The predicted octanol–water partition coefficient (Wildman–Crippen LogP) is 3.05. The lowest BCUT2D eigenvalue weighted by atomic mass is 10.2. The molecule has 3 aromatic rings. The topological polar surface area (TPSA) is 115 Å². The van der Waals surface area contributed by atoms with Gasteiger partial charge < -0.3 is 19.8 Å². The van der Waals surface area contributed by atoms with Gasteiger partial charge in [-0.2, -0.15) is 23.4 Å². The summed E-state index contributed by atoms with van der Waals surface area (Å²) in [5.41, 5.74) is 4.41. The van der Waals surface area contributed by atoms with Crippen LogP contribution in [-0.4, -0.2) is 56.8 Å². The van der Waals surface area contributed by atoms with Gasteiger partial charge in [0.1, 0.15) is 6.73 Å². The molecule has 0 saturated heterocycles. The quantitative estimate of drug-likeness (QED) is 0.339. The van der Waals surface area contributed by atoms with Crippen molar-refractivity contribution in [3.63, 3.8) is 0 Å². The van der Waals surface area contributed by atoms with E-state index in [1.54, 1.807) is 6.20 Å². The van der Waals surface area contributed by atoms with Crippen LogP contribution in [0.3, 0.4) is 0 Å².